The molecular weight excluding hydrogens is 354 g/mol. The summed E-state index contributed by atoms with van der Waals surface area (Å²) in [5.41, 5.74) is 3.44. The Morgan fingerprint density at radius 1 is 1.11 bits per heavy atom. The number of aliphatic hydroxyl groups is 1. The number of nitrogens with one attached hydrogen (secondary N) is 1. The molecule has 4 rings (SSSR count). The summed E-state index contributed by atoms with van der Waals surface area (Å²) >= 11 is 0. The number of benzene rings is 1. The normalized spacial score (nSPS) is 23.2. The van der Waals surface area contributed by atoms with Crippen LogP contribution in [0.1, 0.15) is 42.5 Å². The fourth-order valence-electron chi connectivity index (χ4n) is 5.14. The molecule has 28 heavy (non-hydrogen) atoms. The van der Waals surface area contributed by atoms with E-state index >= 15 is 0 Å². The van der Waals surface area contributed by atoms with Crippen molar-refractivity contribution in [2.24, 2.45) is 0 Å². The summed E-state index contributed by atoms with van der Waals surface area (Å²) < 4.78 is 0. The molecule has 2 aliphatic rings. The number of aliphatic hydroxyl groups excluding tert-OH is 1. The van der Waals surface area contributed by atoms with Gasteiger partial charge in [0, 0.05) is 36.8 Å². The van der Waals surface area contributed by atoms with Crippen molar-refractivity contribution < 1.29 is 9.90 Å². The van der Waals surface area contributed by atoms with E-state index in [-0.39, 0.29) is 17.9 Å². The monoisotopic (exact) mass is 383 g/mol. The van der Waals surface area contributed by atoms with Gasteiger partial charge >= 0.3 is 0 Å². The fourth-order valence-corrected chi connectivity index (χ4v) is 5.14. The summed E-state index contributed by atoms with van der Waals surface area (Å²) in [6.45, 7) is 6.56. The molecule has 0 bridgehead atoms. The van der Waals surface area contributed by atoms with Crippen LogP contribution in [-0.2, 0) is 11.3 Å². The maximum Gasteiger partial charge on any atom is 0.243 e. The maximum atomic E-state index is 13.2. The van der Waals surface area contributed by atoms with Gasteiger partial charge in [-0.05, 0) is 63.3 Å². The third-order valence-electron chi connectivity index (χ3n) is 6.39. The Morgan fingerprint density at radius 2 is 1.86 bits per heavy atom. The van der Waals surface area contributed by atoms with Crippen molar-refractivity contribution in [1.82, 2.24) is 14.8 Å². The van der Waals surface area contributed by atoms with E-state index in [0.29, 0.717) is 13.1 Å². The molecule has 2 N–H and O–H groups in total. The topological polar surface area (TPSA) is 76.6 Å². The summed E-state index contributed by atoms with van der Waals surface area (Å²) in [7, 11) is 0. The number of aromatic nitrogens is 1. The van der Waals surface area contributed by atoms with E-state index in [1.165, 1.54) is 0 Å². The number of carbonyl (C=O) groups is 1. The smallest absolute Gasteiger partial charge is 0.243 e. The quantitative estimate of drug-likeness (QED) is 0.848. The van der Waals surface area contributed by atoms with Gasteiger partial charge in [-0.25, -0.2) is 0 Å². The number of hydrogen-bond donors (Lipinski definition) is 2. The van der Waals surface area contributed by atoms with Gasteiger partial charge in [0.05, 0.1) is 12.1 Å². The minimum absolute atomic E-state index is 0.00148. The highest BCUT2D eigenvalue weighted by molar-refractivity contribution is 5.87. The summed E-state index contributed by atoms with van der Waals surface area (Å²) in [4.78, 5) is 33.4. The van der Waals surface area contributed by atoms with Crippen LogP contribution in [0.25, 0.3) is 10.9 Å². The van der Waals surface area contributed by atoms with Crippen molar-refractivity contribution in [3.63, 3.8) is 0 Å². The molecule has 0 saturated carbocycles. The van der Waals surface area contributed by atoms with Crippen molar-refractivity contribution in [2.45, 2.75) is 51.6 Å². The molecular formula is C22H29N3O3. The zero-order valence-electron chi connectivity index (χ0n) is 16.8. The second-order valence-electron chi connectivity index (χ2n) is 8.34. The predicted molar refractivity (Wildman–Crippen MR) is 109 cm³/mol. The number of fused-ring (bicyclic) bond motifs is 1. The predicted octanol–water partition coefficient (Wildman–Crippen LogP) is 2.09. The number of pyridine rings is 1. The van der Waals surface area contributed by atoms with Gasteiger partial charge in [-0.2, -0.15) is 0 Å². The van der Waals surface area contributed by atoms with Crippen LogP contribution in [0.15, 0.2) is 23.0 Å². The number of carbonyl (C=O) groups excluding carboxylic acids is 1. The highest BCUT2D eigenvalue weighted by atomic mass is 16.3. The molecule has 0 radical (unpaired) electrons. The van der Waals surface area contributed by atoms with Crippen molar-refractivity contribution >= 4 is 16.8 Å². The summed E-state index contributed by atoms with van der Waals surface area (Å²) in [6.07, 6.45) is 3.64. The first kappa shape index (κ1) is 19.2. The molecule has 1 unspecified atom stereocenters. The van der Waals surface area contributed by atoms with Crippen LogP contribution >= 0.6 is 0 Å². The summed E-state index contributed by atoms with van der Waals surface area (Å²) in [5.74, 6) is 0.139. The first-order valence-electron chi connectivity index (χ1n) is 10.2. The molecule has 2 aliphatic heterocycles. The molecule has 6 heteroatoms. The van der Waals surface area contributed by atoms with E-state index in [1.54, 1.807) is 11.0 Å². The Balaban J connectivity index is 1.67. The standard InChI is InChI=1S/C22H29N3O3/c1-15-11-16(2)20-18(12-15)19(27)13-17(23-20)14-25-8-4-6-22(25)5-3-7-24(9-10-26)21(22)28/h11-13,26H,3-10,14H2,1-2H3,(H,23,27). The Kier molecular flexibility index (Phi) is 5.02. The number of likely N-dealkylation sites (tertiary alicyclic amines) is 2. The average molecular weight is 383 g/mol. The second kappa shape index (κ2) is 7.33. The van der Waals surface area contributed by atoms with Crippen molar-refractivity contribution in [1.29, 1.82) is 0 Å². The van der Waals surface area contributed by atoms with E-state index < -0.39 is 5.54 Å². The number of β-amino-alcohol motifs (C(OH)–C–C–N with tert-alkyl or cyclic N) is 1. The molecule has 1 spiro atoms. The molecule has 6 nitrogen and oxygen atoms in total. The molecule has 1 aromatic heterocycles. The van der Waals surface area contributed by atoms with Gasteiger partial charge in [0.2, 0.25) is 5.91 Å². The van der Waals surface area contributed by atoms with Gasteiger partial charge in [-0.3, -0.25) is 14.5 Å². The van der Waals surface area contributed by atoms with E-state index in [1.807, 2.05) is 19.9 Å². The van der Waals surface area contributed by atoms with Crippen molar-refractivity contribution in [3.05, 3.63) is 45.2 Å². The number of rotatable bonds is 4. The van der Waals surface area contributed by atoms with Crippen LogP contribution in [0.2, 0.25) is 0 Å². The highest BCUT2D eigenvalue weighted by Crippen LogP contribution is 2.39. The number of H-pyrrole nitrogens is 1. The Labute approximate surface area is 165 Å². The van der Waals surface area contributed by atoms with Gasteiger partial charge in [0.15, 0.2) is 5.43 Å². The van der Waals surface area contributed by atoms with E-state index in [0.717, 1.165) is 66.5 Å². The third kappa shape index (κ3) is 3.14. The van der Waals surface area contributed by atoms with E-state index in [9.17, 15) is 14.7 Å². The number of aryl methyl sites for hydroxylation is 2. The number of hydrogen-bond acceptors (Lipinski definition) is 4. The zero-order chi connectivity index (χ0) is 19.9. The lowest BCUT2D eigenvalue weighted by atomic mass is 9.85. The Bertz CT molecular complexity index is 965. The van der Waals surface area contributed by atoms with Gasteiger partial charge in [-0.15, -0.1) is 0 Å². The van der Waals surface area contributed by atoms with Gasteiger partial charge in [0.1, 0.15) is 5.54 Å². The lowest BCUT2D eigenvalue weighted by Gasteiger charge is -2.44. The summed E-state index contributed by atoms with van der Waals surface area (Å²) in [6, 6.07) is 5.70. The van der Waals surface area contributed by atoms with Crippen molar-refractivity contribution in [3.8, 4) is 0 Å². The second-order valence-corrected chi connectivity index (χ2v) is 8.34. The molecule has 1 aromatic carbocycles. The van der Waals surface area contributed by atoms with Gasteiger partial charge in [-0.1, -0.05) is 6.07 Å². The minimum atomic E-state index is -0.485. The van der Waals surface area contributed by atoms with E-state index in [2.05, 4.69) is 16.0 Å². The van der Waals surface area contributed by atoms with Crippen LogP contribution in [0.5, 0.6) is 0 Å². The molecule has 3 heterocycles. The Morgan fingerprint density at radius 3 is 2.61 bits per heavy atom. The van der Waals surface area contributed by atoms with Crippen LogP contribution in [0.4, 0.5) is 0 Å². The molecule has 0 aliphatic carbocycles. The first-order valence-corrected chi connectivity index (χ1v) is 10.2. The number of amides is 1. The first-order chi connectivity index (χ1) is 13.4. The van der Waals surface area contributed by atoms with E-state index in [4.69, 9.17) is 0 Å². The lowest BCUT2D eigenvalue weighted by Crippen LogP contribution is -2.60. The highest BCUT2D eigenvalue weighted by Gasteiger charge is 2.50. The van der Waals surface area contributed by atoms with Crippen molar-refractivity contribution in [2.75, 3.05) is 26.2 Å². The lowest BCUT2D eigenvalue weighted by molar-refractivity contribution is -0.148. The molecule has 150 valence electrons. The molecule has 2 aromatic rings. The molecule has 2 fully saturated rings. The minimum Gasteiger partial charge on any atom is -0.395 e. The molecule has 1 atom stereocenters. The third-order valence-corrected chi connectivity index (χ3v) is 6.39. The van der Waals surface area contributed by atoms with Crippen LogP contribution < -0.4 is 5.43 Å². The fraction of sp³-hybridized carbons (Fsp3) is 0.545. The van der Waals surface area contributed by atoms with Gasteiger partial charge < -0.3 is 15.0 Å². The van der Waals surface area contributed by atoms with Crippen LogP contribution in [0.3, 0.4) is 0 Å². The number of aromatic amines is 1. The number of nitrogens with zero attached hydrogens (tertiary/aromatic N) is 2. The maximum absolute atomic E-state index is 13.2. The average Bonchev–Trinajstić information content (AvgIpc) is 3.03. The van der Waals surface area contributed by atoms with Crippen LogP contribution in [0, 0.1) is 13.8 Å². The van der Waals surface area contributed by atoms with Gasteiger partial charge in [0.25, 0.3) is 0 Å². The molecule has 1 amide bonds. The zero-order valence-corrected chi connectivity index (χ0v) is 16.8. The van der Waals surface area contributed by atoms with Crippen LogP contribution in [-0.4, -0.2) is 57.6 Å². The molecule has 2 saturated heterocycles. The number of piperidine rings is 1. The SMILES string of the molecule is Cc1cc(C)c2[nH]c(CN3CCCC34CCCN(CCO)C4=O)cc(=O)c2c1. The Hall–Kier alpha value is -2.18. The largest absolute Gasteiger partial charge is 0.395 e. The summed E-state index contributed by atoms with van der Waals surface area (Å²) in [5, 5.41) is 10.0.